The van der Waals surface area contributed by atoms with Crippen molar-refractivity contribution in [2.24, 2.45) is 5.73 Å². The SMILES string of the molecule is COC(=O)C(CN)c1ncccn1. The van der Waals surface area contributed by atoms with Crippen molar-refractivity contribution in [3.05, 3.63) is 24.3 Å². The number of rotatable bonds is 3. The molecule has 0 aliphatic carbocycles. The molecule has 5 nitrogen and oxygen atoms in total. The first-order chi connectivity index (χ1) is 6.29. The molecule has 1 aromatic rings. The summed E-state index contributed by atoms with van der Waals surface area (Å²) in [6.45, 7) is 0.149. The van der Waals surface area contributed by atoms with E-state index in [1.54, 1.807) is 18.5 Å². The third-order valence-electron chi connectivity index (χ3n) is 1.62. The quantitative estimate of drug-likeness (QED) is 0.647. The second-order valence-electron chi connectivity index (χ2n) is 2.42. The van der Waals surface area contributed by atoms with Crippen LogP contribution in [0.15, 0.2) is 18.5 Å². The van der Waals surface area contributed by atoms with E-state index >= 15 is 0 Å². The Labute approximate surface area is 75.9 Å². The predicted octanol–water partition coefficient (Wildman–Crippen LogP) is -0.308. The van der Waals surface area contributed by atoms with Crippen LogP contribution in [0.25, 0.3) is 0 Å². The highest BCUT2D eigenvalue weighted by molar-refractivity contribution is 5.77. The van der Waals surface area contributed by atoms with Gasteiger partial charge >= 0.3 is 5.97 Å². The topological polar surface area (TPSA) is 78.1 Å². The van der Waals surface area contributed by atoms with Crippen LogP contribution in [-0.2, 0) is 9.53 Å². The number of carbonyl (C=O) groups is 1. The van der Waals surface area contributed by atoms with Gasteiger partial charge in [-0.3, -0.25) is 4.79 Å². The molecular weight excluding hydrogens is 170 g/mol. The van der Waals surface area contributed by atoms with Crippen molar-refractivity contribution < 1.29 is 9.53 Å². The zero-order valence-corrected chi connectivity index (χ0v) is 7.30. The van der Waals surface area contributed by atoms with Crippen molar-refractivity contribution in [3.8, 4) is 0 Å². The first-order valence-electron chi connectivity index (χ1n) is 3.84. The maximum absolute atomic E-state index is 11.2. The van der Waals surface area contributed by atoms with Crippen LogP contribution >= 0.6 is 0 Å². The lowest BCUT2D eigenvalue weighted by atomic mass is 10.1. The zero-order valence-electron chi connectivity index (χ0n) is 7.30. The summed E-state index contributed by atoms with van der Waals surface area (Å²) in [7, 11) is 1.31. The van der Waals surface area contributed by atoms with Crippen molar-refractivity contribution in [2.45, 2.75) is 5.92 Å². The summed E-state index contributed by atoms with van der Waals surface area (Å²) in [4.78, 5) is 19.0. The molecule has 70 valence electrons. The van der Waals surface area contributed by atoms with Gasteiger partial charge in [-0.15, -0.1) is 0 Å². The van der Waals surface area contributed by atoms with Gasteiger partial charge in [0.1, 0.15) is 11.7 Å². The smallest absolute Gasteiger partial charge is 0.317 e. The molecule has 1 rings (SSSR count). The molecule has 0 saturated carbocycles. The summed E-state index contributed by atoms with van der Waals surface area (Å²) < 4.78 is 4.56. The molecule has 13 heavy (non-hydrogen) atoms. The number of ether oxygens (including phenoxy) is 1. The van der Waals surface area contributed by atoms with E-state index in [0.29, 0.717) is 5.82 Å². The number of aromatic nitrogens is 2. The standard InChI is InChI=1S/C8H11N3O2/c1-13-8(12)6(5-9)7-10-3-2-4-11-7/h2-4,6H,5,9H2,1H3. The largest absolute Gasteiger partial charge is 0.468 e. The predicted molar refractivity (Wildman–Crippen MR) is 45.8 cm³/mol. The summed E-state index contributed by atoms with van der Waals surface area (Å²) in [6.07, 6.45) is 3.13. The molecular formula is C8H11N3O2. The van der Waals surface area contributed by atoms with E-state index in [4.69, 9.17) is 5.73 Å². The second kappa shape index (κ2) is 4.51. The summed E-state index contributed by atoms with van der Waals surface area (Å²) in [5.74, 6) is -0.572. The van der Waals surface area contributed by atoms with E-state index in [1.165, 1.54) is 7.11 Å². The van der Waals surface area contributed by atoms with Gasteiger partial charge in [0, 0.05) is 18.9 Å². The monoisotopic (exact) mass is 181 g/mol. The molecule has 1 atom stereocenters. The molecule has 1 unspecified atom stereocenters. The van der Waals surface area contributed by atoms with Crippen LogP contribution in [0, 0.1) is 0 Å². The van der Waals surface area contributed by atoms with Gasteiger partial charge in [-0.05, 0) is 6.07 Å². The van der Waals surface area contributed by atoms with Gasteiger partial charge < -0.3 is 10.5 Å². The van der Waals surface area contributed by atoms with Gasteiger partial charge in [-0.1, -0.05) is 0 Å². The molecule has 1 aromatic heterocycles. The zero-order chi connectivity index (χ0) is 9.68. The summed E-state index contributed by atoms with van der Waals surface area (Å²) in [5.41, 5.74) is 5.40. The van der Waals surface area contributed by atoms with E-state index in [1.807, 2.05) is 0 Å². The van der Waals surface area contributed by atoms with Crippen molar-refractivity contribution >= 4 is 5.97 Å². The molecule has 0 aromatic carbocycles. The lowest BCUT2D eigenvalue weighted by Crippen LogP contribution is -2.24. The Balaban J connectivity index is 2.85. The molecule has 0 aliphatic heterocycles. The van der Waals surface area contributed by atoms with Crippen LogP contribution < -0.4 is 5.73 Å². The normalized spacial score (nSPS) is 12.2. The van der Waals surface area contributed by atoms with Crippen LogP contribution in [0.4, 0.5) is 0 Å². The third kappa shape index (κ3) is 2.22. The molecule has 1 heterocycles. The number of methoxy groups -OCH3 is 1. The molecule has 0 saturated heterocycles. The molecule has 0 amide bonds. The average molecular weight is 181 g/mol. The van der Waals surface area contributed by atoms with Gasteiger partial charge in [0.2, 0.25) is 0 Å². The highest BCUT2D eigenvalue weighted by atomic mass is 16.5. The highest BCUT2D eigenvalue weighted by Crippen LogP contribution is 2.09. The fourth-order valence-corrected chi connectivity index (χ4v) is 0.940. The number of hydrogen-bond acceptors (Lipinski definition) is 5. The number of nitrogens with two attached hydrogens (primary N) is 1. The molecule has 0 radical (unpaired) electrons. The summed E-state index contributed by atoms with van der Waals surface area (Å²) >= 11 is 0. The number of carbonyl (C=O) groups excluding carboxylic acids is 1. The lowest BCUT2D eigenvalue weighted by molar-refractivity contribution is -0.142. The lowest BCUT2D eigenvalue weighted by Gasteiger charge is -2.09. The fraction of sp³-hybridized carbons (Fsp3) is 0.375. The minimum Gasteiger partial charge on any atom is -0.468 e. The van der Waals surface area contributed by atoms with Gasteiger partial charge in [-0.2, -0.15) is 0 Å². The first-order valence-corrected chi connectivity index (χ1v) is 3.84. The van der Waals surface area contributed by atoms with Crippen LogP contribution in [-0.4, -0.2) is 29.6 Å². The van der Waals surface area contributed by atoms with Crippen molar-refractivity contribution in [1.82, 2.24) is 9.97 Å². The Hall–Kier alpha value is -1.49. The van der Waals surface area contributed by atoms with Crippen LogP contribution in [0.3, 0.4) is 0 Å². The second-order valence-corrected chi connectivity index (χ2v) is 2.42. The fourth-order valence-electron chi connectivity index (χ4n) is 0.940. The van der Waals surface area contributed by atoms with Crippen LogP contribution in [0.1, 0.15) is 11.7 Å². The van der Waals surface area contributed by atoms with Crippen molar-refractivity contribution in [2.75, 3.05) is 13.7 Å². The molecule has 0 bridgehead atoms. The molecule has 0 spiro atoms. The van der Waals surface area contributed by atoms with Crippen LogP contribution in [0.5, 0.6) is 0 Å². The maximum Gasteiger partial charge on any atom is 0.317 e. The maximum atomic E-state index is 11.2. The Morgan fingerprint density at radius 2 is 2.23 bits per heavy atom. The highest BCUT2D eigenvalue weighted by Gasteiger charge is 2.21. The van der Waals surface area contributed by atoms with Gasteiger partial charge in [0.25, 0.3) is 0 Å². The number of hydrogen-bond donors (Lipinski definition) is 1. The van der Waals surface area contributed by atoms with E-state index in [0.717, 1.165) is 0 Å². The van der Waals surface area contributed by atoms with E-state index in [-0.39, 0.29) is 6.54 Å². The van der Waals surface area contributed by atoms with Gasteiger partial charge in [0.15, 0.2) is 0 Å². The van der Waals surface area contributed by atoms with E-state index in [2.05, 4.69) is 14.7 Å². The summed E-state index contributed by atoms with van der Waals surface area (Å²) in [5, 5.41) is 0. The Morgan fingerprint density at radius 3 is 2.69 bits per heavy atom. The summed E-state index contributed by atoms with van der Waals surface area (Å²) in [6, 6.07) is 1.67. The van der Waals surface area contributed by atoms with Gasteiger partial charge in [0.05, 0.1) is 7.11 Å². The van der Waals surface area contributed by atoms with E-state index in [9.17, 15) is 4.79 Å². The Morgan fingerprint density at radius 1 is 1.62 bits per heavy atom. The van der Waals surface area contributed by atoms with Crippen LogP contribution in [0.2, 0.25) is 0 Å². The average Bonchev–Trinajstić information content (AvgIpc) is 2.20. The molecule has 2 N–H and O–H groups in total. The number of nitrogens with zero attached hydrogens (tertiary/aromatic N) is 2. The van der Waals surface area contributed by atoms with Gasteiger partial charge in [-0.25, -0.2) is 9.97 Å². The number of esters is 1. The molecule has 0 fully saturated rings. The minimum atomic E-state index is -0.564. The first kappa shape index (κ1) is 9.60. The Bertz CT molecular complexity index is 276. The third-order valence-corrected chi connectivity index (χ3v) is 1.62. The molecule has 0 aliphatic rings. The molecule has 5 heteroatoms. The van der Waals surface area contributed by atoms with Crippen molar-refractivity contribution in [3.63, 3.8) is 0 Å². The van der Waals surface area contributed by atoms with E-state index < -0.39 is 11.9 Å². The minimum absolute atomic E-state index is 0.149. The Kier molecular flexibility index (Phi) is 3.33. The van der Waals surface area contributed by atoms with Crippen molar-refractivity contribution in [1.29, 1.82) is 0 Å².